The van der Waals surface area contributed by atoms with Crippen molar-refractivity contribution in [2.24, 2.45) is 0 Å². The van der Waals surface area contributed by atoms with E-state index in [0.717, 1.165) is 30.2 Å². The molecule has 1 N–H and O–H groups in total. The Morgan fingerprint density at radius 3 is 2.79 bits per heavy atom. The molecule has 0 fully saturated rings. The Kier molecular flexibility index (Phi) is 3.65. The summed E-state index contributed by atoms with van der Waals surface area (Å²) >= 11 is 0. The van der Waals surface area contributed by atoms with Crippen molar-refractivity contribution in [1.29, 1.82) is 0 Å². The van der Waals surface area contributed by atoms with Crippen molar-refractivity contribution in [3.63, 3.8) is 0 Å². The van der Waals surface area contributed by atoms with Crippen LogP contribution in [0.15, 0.2) is 63.8 Å². The number of benzene rings is 2. The molecular weight excluding hydrogens is 302 g/mol. The third-order valence-corrected chi connectivity index (χ3v) is 4.56. The summed E-state index contributed by atoms with van der Waals surface area (Å²) < 4.78 is 5.26. The maximum atomic E-state index is 12.6. The highest BCUT2D eigenvalue weighted by atomic mass is 16.4. The van der Waals surface area contributed by atoms with Gasteiger partial charge in [0.1, 0.15) is 11.1 Å². The van der Waals surface area contributed by atoms with Crippen LogP contribution >= 0.6 is 0 Å². The van der Waals surface area contributed by atoms with E-state index in [1.165, 1.54) is 5.56 Å². The molecule has 0 saturated heterocycles. The number of hydrogen-bond acceptors (Lipinski definition) is 3. The largest absolute Gasteiger partial charge is 0.422 e. The van der Waals surface area contributed by atoms with E-state index in [9.17, 15) is 9.59 Å². The van der Waals surface area contributed by atoms with Gasteiger partial charge in [-0.1, -0.05) is 42.5 Å². The van der Waals surface area contributed by atoms with E-state index in [1.54, 1.807) is 18.2 Å². The maximum Gasteiger partial charge on any atom is 0.349 e. The summed E-state index contributed by atoms with van der Waals surface area (Å²) in [5.41, 5.74) is 2.34. The zero-order valence-electron chi connectivity index (χ0n) is 13.1. The Bertz CT molecular complexity index is 974. The minimum absolute atomic E-state index is 0.0526. The monoisotopic (exact) mass is 319 g/mol. The van der Waals surface area contributed by atoms with E-state index in [-0.39, 0.29) is 17.5 Å². The van der Waals surface area contributed by atoms with Crippen LogP contribution in [-0.2, 0) is 6.42 Å². The van der Waals surface area contributed by atoms with Gasteiger partial charge in [0, 0.05) is 5.39 Å². The molecule has 1 heterocycles. The van der Waals surface area contributed by atoms with Gasteiger partial charge >= 0.3 is 5.63 Å². The van der Waals surface area contributed by atoms with Crippen molar-refractivity contribution >= 4 is 16.9 Å². The number of fused-ring (bicyclic) bond motifs is 2. The molecule has 3 aromatic rings. The topological polar surface area (TPSA) is 59.3 Å². The number of carbonyl (C=O) groups excluding carboxylic acids is 1. The van der Waals surface area contributed by atoms with Crippen LogP contribution in [0.3, 0.4) is 0 Å². The summed E-state index contributed by atoms with van der Waals surface area (Å²) in [5, 5.41) is 3.74. The van der Waals surface area contributed by atoms with E-state index in [0.29, 0.717) is 5.58 Å². The van der Waals surface area contributed by atoms with Gasteiger partial charge in [-0.3, -0.25) is 4.79 Å². The van der Waals surface area contributed by atoms with Crippen molar-refractivity contribution in [3.8, 4) is 0 Å². The van der Waals surface area contributed by atoms with Gasteiger partial charge in [-0.2, -0.15) is 0 Å². The van der Waals surface area contributed by atoms with Crippen LogP contribution in [0.25, 0.3) is 11.0 Å². The number of rotatable bonds is 2. The lowest BCUT2D eigenvalue weighted by molar-refractivity contribution is 0.0929. The standard InChI is InChI=1S/C20H17NO3/c22-19(16-12-14-7-2-4-11-18(14)24-20(16)23)21-17-10-5-8-13-6-1-3-9-15(13)17/h1-4,6-7,9,11-12,17H,5,8,10H2,(H,21,22)/t17-/m1/s1. The first-order valence-electron chi connectivity index (χ1n) is 8.14. The van der Waals surface area contributed by atoms with Crippen LogP contribution in [0.4, 0.5) is 0 Å². The Hall–Kier alpha value is -2.88. The molecule has 0 radical (unpaired) electrons. The first-order valence-corrected chi connectivity index (χ1v) is 8.14. The van der Waals surface area contributed by atoms with Crippen molar-refractivity contribution in [3.05, 3.63) is 81.7 Å². The van der Waals surface area contributed by atoms with E-state index in [4.69, 9.17) is 4.42 Å². The molecule has 4 heteroatoms. The van der Waals surface area contributed by atoms with Crippen LogP contribution in [0.5, 0.6) is 0 Å². The van der Waals surface area contributed by atoms with Crippen LogP contribution in [-0.4, -0.2) is 5.91 Å². The number of hydrogen-bond donors (Lipinski definition) is 1. The lowest BCUT2D eigenvalue weighted by Gasteiger charge is -2.26. The summed E-state index contributed by atoms with van der Waals surface area (Å²) in [4.78, 5) is 24.8. The minimum Gasteiger partial charge on any atom is -0.422 e. The Morgan fingerprint density at radius 1 is 1.08 bits per heavy atom. The molecule has 1 amide bonds. The van der Waals surface area contributed by atoms with E-state index < -0.39 is 5.63 Å². The van der Waals surface area contributed by atoms with Crippen LogP contribution in [0.1, 0.15) is 40.4 Å². The molecular formula is C20H17NO3. The summed E-state index contributed by atoms with van der Waals surface area (Å²) in [7, 11) is 0. The molecule has 2 aromatic carbocycles. The number of para-hydroxylation sites is 1. The summed E-state index contributed by atoms with van der Waals surface area (Å²) in [6.45, 7) is 0. The second kappa shape index (κ2) is 5.96. The highest BCUT2D eigenvalue weighted by Gasteiger charge is 2.23. The van der Waals surface area contributed by atoms with Crippen molar-refractivity contribution in [2.75, 3.05) is 0 Å². The number of nitrogens with one attached hydrogen (secondary N) is 1. The van der Waals surface area contributed by atoms with Crippen LogP contribution < -0.4 is 10.9 Å². The Labute approximate surface area is 139 Å². The molecule has 0 aliphatic heterocycles. The fourth-order valence-corrected chi connectivity index (χ4v) is 3.36. The molecule has 4 rings (SSSR count). The fourth-order valence-electron chi connectivity index (χ4n) is 3.36. The van der Waals surface area contributed by atoms with E-state index >= 15 is 0 Å². The second-order valence-electron chi connectivity index (χ2n) is 6.10. The average Bonchev–Trinajstić information content (AvgIpc) is 2.61. The second-order valence-corrected chi connectivity index (χ2v) is 6.10. The first kappa shape index (κ1) is 14.7. The number of aryl methyl sites for hydroxylation is 1. The van der Waals surface area contributed by atoms with Gasteiger partial charge in [0.25, 0.3) is 5.91 Å². The molecule has 1 aliphatic rings. The van der Waals surface area contributed by atoms with E-state index in [1.807, 2.05) is 30.3 Å². The zero-order chi connectivity index (χ0) is 16.5. The average molecular weight is 319 g/mol. The van der Waals surface area contributed by atoms with Crippen molar-refractivity contribution in [2.45, 2.75) is 25.3 Å². The van der Waals surface area contributed by atoms with Crippen molar-refractivity contribution in [1.82, 2.24) is 5.32 Å². The molecule has 24 heavy (non-hydrogen) atoms. The van der Waals surface area contributed by atoms with Gasteiger partial charge < -0.3 is 9.73 Å². The Morgan fingerprint density at radius 2 is 1.88 bits per heavy atom. The molecule has 0 bridgehead atoms. The third kappa shape index (κ3) is 2.60. The lowest BCUT2D eigenvalue weighted by Crippen LogP contribution is -2.33. The quantitative estimate of drug-likeness (QED) is 0.734. The minimum atomic E-state index is -0.602. The van der Waals surface area contributed by atoms with E-state index in [2.05, 4.69) is 11.4 Å². The summed E-state index contributed by atoms with van der Waals surface area (Å²) in [6.07, 6.45) is 2.93. The van der Waals surface area contributed by atoms with Crippen LogP contribution in [0.2, 0.25) is 0 Å². The molecule has 0 saturated carbocycles. The summed E-state index contributed by atoms with van der Waals surface area (Å²) in [5.74, 6) is -0.379. The van der Waals surface area contributed by atoms with Gasteiger partial charge in [0.05, 0.1) is 6.04 Å². The zero-order valence-corrected chi connectivity index (χ0v) is 13.1. The number of amides is 1. The molecule has 0 spiro atoms. The summed E-state index contributed by atoms with van der Waals surface area (Å²) in [6, 6.07) is 16.9. The SMILES string of the molecule is O=C(N[C@@H]1CCCc2ccccc21)c1cc2ccccc2oc1=O. The smallest absolute Gasteiger partial charge is 0.349 e. The van der Waals surface area contributed by atoms with Gasteiger partial charge in [-0.15, -0.1) is 0 Å². The molecule has 1 aromatic heterocycles. The lowest BCUT2D eigenvalue weighted by atomic mass is 9.87. The molecule has 1 aliphatic carbocycles. The molecule has 0 unspecified atom stereocenters. The number of carbonyl (C=O) groups is 1. The van der Waals surface area contributed by atoms with Gasteiger partial charge in [-0.25, -0.2) is 4.79 Å². The highest BCUT2D eigenvalue weighted by Crippen LogP contribution is 2.29. The van der Waals surface area contributed by atoms with Gasteiger partial charge in [0.15, 0.2) is 0 Å². The maximum absolute atomic E-state index is 12.6. The van der Waals surface area contributed by atoms with Gasteiger partial charge in [-0.05, 0) is 42.5 Å². The fraction of sp³-hybridized carbons (Fsp3) is 0.200. The highest BCUT2D eigenvalue weighted by molar-refractivity contribution is 5.96. The normalized spacial score (nSPS) is 16.6. The molecule has 120 valence electrons. The van der Waals surface area contributed by atoms with Crippen LogP contribution in [0, 0.1) is 0 Å². The first-order chi connectivity index (χ1) is 11.7. The van der Waals surface area contributed by atoms with Crippen molar-refractivity contribution < 1.29 is 9.21 Å². The predicted molar refractivity (Wildman–Crippen MR) is 92.1 cm³/mol. The Balaban J connectivity index is 1.66. The predicted octanol–water partition coefficient (Wildman–Crippen LogP) is 3.60. The molecule has 4 nitrogen and oxygen atoms in total. The third-order valence-electron chi connectivity index (χ3n) is 4.56. The molecule has 1 atom stereocenters. The van der Waals surface area contributed by atoms with Gasteiger partial charge in [0.2, 0.25) is 0 Å².